The van der Waals surface area contributed by atoms with Crippen LogP contribution in [0, 0.1) is 0 Å². The Morgan fingerprint density at radius 1 is 1.36 bits per heavy atom. The van der Waals surface area contributed by atoms with Gasteiger partial charge < -0.3 is 0 Å². The highest BCUT2D eigenvalue weighted by Crippen LogP contribution is 2.25. The summed E-state index contributed by atoms with van der Waals surface area (Å²) in [6, 6.07) is 4.18. The highest BCUT2D eigenvalue weighted by molar-refractivity contribution is 8.02. The Bertz CT molecular complexity index is 363. The number of pyridine rings is 1. The number of hydrogen-bond acceptors (Lipinski definition) is 2. The van der Waals surface area contributed by atoms with Gasteiger partial charge >= 0.3 is 0 Å². The second-order valence-corrected chi connectivity index (χ2v) is 3.46. The quantitative estimate of drug-likeness (QED) is 0.645. The van der Waals surface area contributed by atoms with Gasteiger partial charge in [-0.05, 0) is 24.6 Å². The lowest BCUT2D eigenvalue weighted by atomic mass is 10.2. The highest BCUT2D eigenvalue weighted by Gasteiger charge is 2.03. The van der Waals surface area contributed by atoms with Crippen molar-refractivity contribution in [2.45, 2.75) is 32.2 Å². The van der Waals surface area contributed by atoms with Gasteiger partial charge in [0, 0.05) is 16.7 Å². The molecule has 0 radical (unpaired) electrons. The van der Waals surface area contributed by atoms with Crippen molar-refractivity contribution >= 4 is 17.8 Å². The van der Waals surface area contributed by atoms with E-state index in [0.717, 1.165) is 17.1 Å². The maximum atomic E-state index is 4.49. The van der Waals surface area contributed by atoms with Crippen molar-refractivity contribution in [1.82, 2.24) is 4.98 Å². The fourth-order valence-electron chi connectivity index (χ4n) is 1.10. The van der Waals surface area contributed by atoms with Gasteiger partial charge in [0.15, 0.2) is 0 Å². The van der Waals surface area contributed by atoms with Gasteiger partial charge in [0.25, 0.3) is 0 Å². The van der Waals surface area contributed by atoms with E-state index in [0.29, 0.717) is 0 Å². The standard InChI is InChI=1S/C10H9NS.C2H6/c1-2-9-6-5-8-4-3-7-12-10(8)11-9;1-2/h4-7H,2H2,1H3;1-2H3. The summed E-state index contributed by atoms with van der Waals surface area (Å²) in [7, 11) is 0. The maximum absolute atomic E-state index is 4.49. The van der Waals surface area contributed by atoms with Crippen LogP contribution >= 0.6 is 11.8 Å². The molecule has 0 saturated carbocycles. The Kier molecular flexibility index (Phi) is 4.51. The minimum absolute atomic E-state index is 1.00. The SMILES string of the molecule is CC.CCc1ccc2c(n1)SC=C=C2. The number of nitrogens with zero attached hydrogens (tertiary/aromatic N) is 1. The second-order valence-electron chi connectivity index (χ2n) is 2.60. The molecule has 2 heteroatoms. The molecule has 2 heterocycles. The van der Waals surface area contributed by atoms with Gasteiger partial charge in [-0.3, -0.25) is 0 Å². The van der Waals surface area contributed by atoms with Crippen LogP contribution in [0.15, 0.2) is 28.3 Å². The van der Waals surface area contributed by atoms with Crippen molar-refractivity contribution in [2.24, 2.45) is 0 Å². The summed E-state index contributed by atoms with van der Waals surface area (Å²) in [6.45, 7) is 6.12. The van der Waals surface area contributed by atoms with Crippen molar-refractivity contribution in [2.75, 3.05) is 0 Å². The first kappa shape index (κ1) is 11.1. The van der Waals surface area contributed by atoms with Crippen LogP contribution in [0.25, 0.3) is 6.08 Å². The zero-order valence-corrected chi connectivity index (χ0v) is 9.69. The van der Waals surface area contributed by atoms with E-state index >= 15 is 0 Å². The molecule has 1 aliphatic rings. The van der Waals surface area contributed by atoms with Gasteiger partial charge in [0.05, 0.1) is 0 Å². The molecule has 2 rings (SSSR count). The lowest BCUT2D eigenvalue weighted by Crippen LogP contribution is -1.91. The van der Waals surface area contributed by atoms with Gasteiger partial charge in [-0.1, -0.05) is 32.5 Å². The van der Waals surface area contributed by atoms with Gasteiger partial charge in [0.1, 0.15) is 5.03 Å². The second kappa shape index (κ2) is 5.69. The van der Waals surface area contributed by atoms with Crippen molar-refractivity contribution in [3.8, 4) is 0 Å². The monoisotopic (exact) mass is 205 g/mol. The molecule has 0 saturated heterocycles. The van der Waals surface area contributed by atoms with Gasteiger partial charge in [-0.15, -0.1) is 5.73 Å². The van der Waals surface area contributed by atoms with Crippen LogP contribution in [0.3, 0.4) is 0 Å². The highest BCUT2D eigenvalue weighted by atomic mass is 32.2. The summed E-state index contributed by atoms with van der Waals surface area (Å²) in [6.07, 6.45) is 2.97. The summed E-state index contributed by atoms with van der Waals surface area (Å²) in [5.41, 5.74) is 5.39. The van der Waals surface area contributed by atoms with Crippen LogP contribution in [-0.2, 0) is 6.42 Å². The number of thioether (sulfide) groups is 1. The number of aromatic nitrogens is 1. The maximum Gasteiger partial charge on any atom is 0.109 e. The molecule has 1 aliphatic heterocycles. The lowest BCUT2D eigenvalue weighted by Gasteiger charge is -2.05. The molecule has 1 aromatic heterocycles. The number of rotatable bonds is 1. The Morgan fingerprint density at radius 3 is 2.86 bits per heavy atom. The largest absolute Gasteiger partial charge is 0.246 e. The molecule has 0 spiro atoms. The van der Waals surface area contributed by atoms with E-state index in [1.807, 2.05) is 25.3 Å². The van der Waals surface area contributed by atoms with Crippen LogP contribution in [0.1, 0.15) is 32.0 Å². The van der Waals surface area contributed by atoms with Crippen LogP contribution in [0.2, 0.25) is 0 Å². The fraction of sp³-hybridized carbons (Fsp3) is 0.333. The van der Waals surface area contributed by atoms with E-state index in [-0.39, 0.29) is 0 Å². The zero-order chi connectivity index (χ0) is 10.4. The molecule has 0 aliphatic carbocycles. The van der Waals surface area contributed by atoms with Crippen molar-refractivity contribution in [3.63, 3.8) is 0 Å². The van der Waals surface area contributed by atoms with Crippen molar-refractivity contribution in [1.29, 1.82) is 0 Å². The van der Waals surface area contributed by atoms with Crippen LogP contribution in [-0.4, -0.2) is 4.98 Å². The van der Waals surface area contributed by atoms with E-state index in [9.17, 15) is 0 Å². The zero-order valence-electron chi connectivity index (χ0n) is 8.87. The molecule has 0 bridgehead atoms. The van der Waals surface area contributed by atoms with Crippen molar-refractivity contribution in [3.05, 3.63) is 34.5 Å². The molecule has 0 amide bonds. The fourth-order valence-corrected chi connectivity index (χ4v) is 1.79. The molecule has 0 fully saturated rings. The molecular weight excluding hydrogens is 190 g/mol. The van der Waals surface area contributed by atoms with E-state index in [1.54, 1.807) is 11.8 Å². The minimum Gasteiger partial charge on any atom is -0.246 e. The van der Waals surface area contributed by atoms with E-state index in [4.69, 9.17) is 0 Å². The topological polar surface area (TPSA) is 12.9 Å². The predicted molar refractivity (Wildman–Crippen MR) is 63.4 cm³/mol. The Hall–Kier alpha value is -0.980. The molecule has 0 N–H and O–H groups in total. The van der Waals surface area contributed by atoms with Crippen LogP contribution in [0.5, 0.6) is 0 Å². The average molecular weight is 205 g/mol. The van der Waals surface area contributed by atoms with Crippen LogP contribution < -0.4 is 0 Å². The average Bonchev–Trinajstić information content (AvgIpc) is 2.31. The normalized spacial score (nSPS) is 11.6. The molecule has 1 nitrogen and oxygen atoms in total. The Morgan fingerprint density at radius 2 is 2.14 bits per heavy atom. The molecule has 14 heavy (non-hydrogen) atoms. The van der Waals surface area contributed by atoms with E-state index < -0.39 is 0 Å². The Labute approximate surface area is 89.9 Å². The van der Waals surface area contributed by atoms with Gasteiger partial charge in [0.2, 0.25) is 0 Å². The van der Waals surface area contributed by atoms with Gasteiger partial charge in [-0.2, -0.15) is 0 Å². The minimum atomic E-state index is 1.00. The summed E-state index contributed by atoms with van der Waals surface area (Å²) in [5.74, 6) is 0. The predicted octanol–water partition coefficient (Wildman–Crippen LogP) is 3.90. The molecular formula is C12H15NS. The van der Waals surface area contributed by atoms with E-state index in [1.165, 1.54) is 5.56 Å². The molecule has 0 atom stereocenters. The van der Waals surface area contributed by atoms with E-state index in [2.05, 4.69) is 29.8 Å². The van der Waals surface area contributed by atoms with Gasteiger partial charge in [-0.25, -0.2) is 4.98 Å². The molecule has 74 valence electrons. The molecule has 0 unspecified atom stereocenters. The first-order chi connectivity index (χ1) is 6.90. The molecule has 0 aromatic carbocycles. The lowest BCUT2D eigenvalue weighted by molar-refractivity contribution is 0.968. The Balaban J connectivity index is 0.000000461. The third-order valence-electron chi connectivity index (χ3n) is 1.79. The third-order valence-corrected chi connectivity index (χ3v) is 2.59. The first-order valence-electron chi connectivity index (χ1n) is 4.97. The summed E-state index contributed by atoms with van der Waals surface area (Å²) in [4.78, 5) is 4.49. The summed E-state index contributed by atoms with van der Waals surface area (Å²) >= 11 is 1.64. The van der Waals surface area contributed by atoms with Crippen LogP contribution in [0.4, 0.5) is 0 Å². The van der Waals surface area contributed by atoms with Crippen molar-refractivity contribution < 1.29 is 0 Å². The third kappa shape index (κ3) is 2.50. The first-order valence-corrected chi connectivity index (χ1v) is 5.85. The number of hydrogen-bond donors (Lipinski definition) is 0. The number of aryl methyl sites for hydroxylation is 1. The summed E-state index contributed by atoms with van der Waals surface area (Å²) < 4.78 is 0. The number of fused-ring (bicyclic) bond motifs is 1. The molecule has 1 aromatic rings. The smallest absolute Gasteiger partial charge is 0.109 e. The summed E-state index contributed by atoms with van der Waals surface area (Å²) in [5, 5.41) is 3.04.